The second kappa shape index (κ2) is 5.14. The first-order valence-electron chi connectivity index (χ1n) is 5.75. The number of likely N-dealkylation sites (N-methyl/N-ethyl adjacent to an activating group) is 1. The normalized spacial score (nSPS) is 26.5. The molecule has 1 aromatic rings. The number of alkyl halides is 3. The number of aromatic nitrogens is 1. The predicted octanol–water partition coefficient (Wildman–Crippen LogP) is 2.85. The van der Waals surface area contributed by atoms with Crippen molar-refractivity contribution in [3.63, 3.8) is 0 Å². The van der Waals surface area contributed by atoms with Gasteiger partial charge in [0.1, 0.15) is 0 Å². The number of thiazole rings is 1. The molecule has 0 saturated carbocycles. The first kappa shape index (κ1) is 13.8. The summed E-state index contributed by atoms with van der Waals surface area (Å²) in [6.45, 7) is 2.71. The summed E-state index contributed by atoms with van der Waals surface area (Å²) in [4.78, 5) is 4.02. The Morgan fingerprint density at radius 1 is 1.56 bits per heavy atom. The molecular weight excluding hydrogens is 265 g/mol. The maximum absolute atomic E-state index is 12.5. The van der Waals surface area contributed by atoms with E-state index >= 15 is 0 Å². The minimum absolute atomic E-state index is 0.0865. The summed E-state index contributed by atoms with van der Waals surface area (Å²) in [5.74, 6) is 0.332. The SMILES string of the molecule is CNC(c1cnc(C(F)(F)F)s1)C1OCCC1C. The van der Waals surface area contributed by atoms with E-state index in [9.17, 15) is 13.2 Å². The van der Waals surface area contributed by atoms with Gasteiger partial charge in [0, 0.05) is 17.7 Å². The van der Waals surface area contributed by atoms with Crippen LogP contribution in [0.1, 0.15) is 29.3 Å². The standard InChI is InChI=1S/C11H15F3N2OS/c1-6-3-4-17-9(6)8(15-2)7-5-16-10(18-7)11(12,13)14/h5-6,8-9,15H,3-4H2,1-2H3. The molecule has 1 aliphatic rings. The second-order valence-electron chi connectivity index (χ2n) is 4.43. The van der Waals surface area contributed by atoms with Gasteiger partial charge in [-0.1, -0.05) is 6.92 Å². The average molecular weight is 280 g/mol. The van der Waals surface area contributed by atoms with Crippen molar-refractivity contribution in [3.05, 3.63) is 16.1 Å². The molecule has 0 amide bonds. The van der Waals surface area contributed by atoms with E-state index in [1.165, 1.54) is 6.20 Å². The largest absolute Gasteiger partial charge is 0.443 e. The molecule has 2 rings (SSSR count). The summed E-state index contributed by atoms with van der Waals surface area (Å²) in [6, 6.07) is -0.226. The van der Waals surface area contributed by atoms with Crippen molar-refractivity contribution < 1.29 is 17.9 Å². The highest BCUT2D eigenvalue weighted by molar-refractivity contribution is 7.11. The molecule has 1 fully saturated rings. The minimum atomic E-state index is -4.37. The summed E-state index contributed by atoms with van der Waals surface area (Å²) >= 11 is 0.683. The maximum atomic E-state index is 12.5. The van der Waals surface area contributed by atoms with Crippen molar-refractivity contribution >= 4 is 11.3 Å². The lowest BCUT2D eigenvalue weighted by Gasteiger charge is -2.24. The van der Waals surface area contributed by atoms with E-state index < -0.39 is 11.2 Å². The van der Waals surface area contributed by atoms with Crippen LogP contribution >= 0.6 is 11.3 Å². The summed E-state index contributed by atoms with van der Waals surface area (Å²) in [7, 11) is 1.73. The molecular formula is C11H15F3N2OS. The molecule has 1 saturated heterocycles. The van der Waals surface area contributed by atoms with Crippen molar-refractivity contribution in [2.45, 2.75) is 31.7 Å². The summed E-state index contributed by atoms with van der Waals surface area (Å²) in [5, 5.41) is 2.23. The molecule has 7 heteroatoms. The van der Waals surface area contributed by atoms with Crippen LogP contribution < -0.4 is 5.32 Å². The number of ether oxygens (including phenoxy) is 1. The number of nitrogens with one attached hydrogen (secondary N) is 1. The lowest BCUT2D eigenvalue weighted by molar-refractivity contribution is -0.137. The number of hydrogen-bond acceptors (Lipinski definition) is 4. The molecule has 1 N–H and O–H groups in total. The van der Waals surface area contributed by atoms with Crippen molar-refractivity contribution in [2.75, 3.05) is 13.7 Å². The van der Waals surface area contributed by atoms with Crippen LogP contribution in [-0.2, 0) is 10.9 Å². The lowest BCUT2D eigenvalue weighted by Crippen LogP contribution is -2.31. The second-order valence-corrected chi connectivity index (χ2v) is 5.50. The zero-order valence-electron chi connectivity index (χ0n) is 10.1. The first-order chi connectivity index (χ1) is 8.43. The van der Waals surface area contributed by atoms with Crippen LogP contribution in [0.15, 0.2) is 6.20 Å². The number of hydrogen-bond donors (Lipinski definition) is 1. The van der Waals surface area contributed by atoms with Gasteiger partial charge in [0.25, 0.3) is 0 Å². The Morgan fingerprint density at radius 3 is 2.72 bits per heavy atom. The highest BCUT2D eigenvalue weighted by Gasteiger charge is 2.38. The number of rotatable bonds is 3. The third-order valence-corrected chi connectivity index (χ3v) is 4.28. The average Bonchev–Trinajstić information content (AvgIpc) is 2.89. The van der Waals surface area contributed by atoms with Crippen LogP contribution in [0.25, 0.3) is 0 Å². The van der Waals surface area contributed by atoms with Gasteiger partial charge < -0.3 is 10.1 Å². The summed E-state index contributed by atoms with van der Waals surface area (Å²) in [6.07, 6.45) is -2.23. The number of halogens is 3. The molecule has 1 aliphatic heterocycles. The molecule has 102 valence electrons. The molecule has 0 aliphatic carbocycles. The van der Waals surface area contributed by atoms with Crippen molar-refractivity contribution in [2.24, 2.45) is 5.92 Å². The van der Waals surface area contributed by atoms with E-state index in [-0.39, 0.29) is 12.1 Å². The van der Waals surface area contributed by atoms with Gasteiger partial charge in [0.05, 0.1) is 12.1 Å². The quantitative estimate of drug-likeness (QED) is 0.924. The van der Waals surface area contributed by atoms with Gasteiger partial charge in [-0.05, 0) is 19.4 Å². The van der Waals surface area contributed by atoms with Crippen LogP contribution in [0.2, 0.25) is 0 Å². The predicted molar refractivity (Wildman–Crippen MR) is 62.4 cm³/mol. The maximum Gasteiger partial charge on any atom is 0.443 e. The van der Waals surface area contributed by atoms with Gasteiger partial charge in [0.2, 0.25) is 0 Å². The fraction of sp³-hybridized carbons (Fsp3) is 0.727. The molecule has 0 radical (unpaired) electrons. The van der Waals surface area contributed by atoms with Crippen molar-refractivity contribution in [1.82, 2.24) is 10.3 Å². The van der Waals surface area contributed by atoms with E-state index in [0.29, 0.717) is 28.7 Å². The third-order valence-electron chi connectivity index (χ3n) is 3.16. The van der Waals surface area contributed by atoms with Crippen LogP contribution in [0, 0.1) is 5.92 Å². The Hall–Kier alpha value is -0.660. The van der Waals surface area contributed by atoms with E-state index in [1.807, 2.05) is 6.92 Å². The Kier molecular flexibility index (Phi) is 3.93. The molecule has 0 spiro atoms. The van der Waals surface area contributed by atoms with Gasteiger partial charge in [0.15, 0.2) is 5.01 Å². The smallest absolute Gasteiger partial charge is 0.376 e. The highest BCUT2D eigenvalue weighted by Crippen LogP contribution is 2.38. The summed E-state index contributed by atoms with van der Waals surface area (Å²) in [5.41, 5.74) is 0. The molecule has 3 atom stereocenters. The zero-order chi connectivity index (χ0) is 13.3. The number of nitrogens with zero attached hydrogens (tertiary/aromatic N) is 1. The van der Waals surface area contributed by atoms with E-state index in [4.69, 9.17) is 4.74 Å². The molecule has 0 bridgehead atoms. The Bertz CT molecular complexity index is 407. The van der Waals surface area contributed by atoms with Gasteiger partial charge in [-0.3, -0.25) is 0 Å². The molecule has 1 aromatic heterocycles. The Balaban J connectivity index is 2.20. The molecule has 0 aromatic carbocycles. The van der Waals surface area contributed by atoms with Gasteiger partial charge in [-0.15, -0.1) is 11.3 Å². The van der Waals surface area contributed by atoms with E-state index in [2.05, 4.69) is 10.3 Å². The molecule has 2 heterocycles. The topological polar surface area (TPSA) is 34.2 Å². The fourth-order valence-electron chi connectivity index (χ4n) is 2.17. The van der Waals surface area contributed by atoms with Crippen molar-refractivity contribution in [1.29, 1.82) is 0 Å². The van der Waals surface area contributed by atoms with Crippen LogP contribution in [0.4, 0.5) is 13.2 Å². The zero-order valence-corrected chi connectivity index (χ0v) is 10.9. The molecule has 3 nitrogen and oxygen atoms in total. The third kappa shape index (κ3) is 2.67. The van der Waals surface area contributed by atoms with Gasteiger partial charge in [-0.25, -0.2) is 4.98 Å². The fourth-order valence-corrected chi connectivity index (χ4v) is 3.10. The van der Waals surface area contributed by atoms with Crippen molar-refractivity contribution in [3.8, 4) is 0 Å². The van der Waals surface area contributed by atoms with Gasteiger partial charge in [-0.2, -0.15) is 13.2 Å². The van der Waals surface area contributed by atoms with E-state index in [0.717, 1.165) is 6.42 Å². The Morgan fingerprint density at radius 2 is 2.28 bits per heavy atom. The first-order valence-corrected chi connectivity index (χ1v) is 6.57. The van der Waals surface area contributed by atoms with Crippen LogP contribution in [0.3, 0.4) is 0 Å². The highest BCUT2D eigenvalue weighted by atomic mass is 32.1. The van der Waals surface area contributed by atoms with E-state index in [1.54, 1.807) is 7.05 Å². The monoisotopic (exact) mass is 280 g/mol. The molecule has 18 heavy (non-hydrogen) atoms. The Labute approximate surface area is 107 Å². The van der Waals surface area contributed by atoms with Gasteiger partial charge >= 0.3 is 6.18 Å². The van der Waals surface area contributed by atoms with Crippen LogP contribution in [-0.4, -0.2) is 24.7 Å². The molecule has 3 unspecified atom stereocenters. The minimum Gasteiger partial charge on any atom is -0.376 e. The summed E-state index contributed by atoms with van der Waals surface area (Å²) < 4.78 is 43.2. The lowest BCUT2D eigenvalue weighted by atomic mass is 9.97. The van der Waals surface area contributed by atoms with Crippen LogP contribution in [0.5, 0.6) is 0 Å².